The highest BCUT2D eigenvalue weighted by molar-refractivity contribution is 7.84. The first-order chi connectivity index (χ1) is 8.54. The van der Waals surface area contributed by atoms with E-state index in [4.69, 9.17) is 0 Å². The summed E-state index contributed by atoms with van der Waals surface area (Å²) in [4.78, 5) is 0. The van der Waals surface area contributed by atoms with Gasteiger partial charge in [-0.05, 0) is 37.1 Å². The Morgan fingerprint density at radius 3 is 2.72 bits per heavy atom. The van der Waals surface area contributed by atoms with E-state index >= 15 is 0 Å². The Bertz CT molecular complexity index is 397. The van der Waals surface area contributed by atoms with E-state index in [1.54, 1.807) is 18.4 Å². The van der Waals surface area contributed by atoms with Gasteiger partial charge in [0.1, 0.15) is 5.82 Å². The average Bonchev–Trinajstić information content (AvgIpc) is 2.34. The molecule has 3 atom stereocenters. The van der Waals surface area contributed by atoms with E-state index in [1.165, 1.54) is 6.07 Å². The minimum absolute atomic E-state index is 0.165. The van der Waals surface area contributed by atoms with Gasteiger partial charge in [0, 0.05) is 28.3 Å². The second-order valence-electron chi connectivity index (χ2n) is 4.57. The van der Waals surface area contributed by atoms with Gasteiger partial charge in [0.25, 0.3) is 0 Å². The SMILES string of the molecule is CCC(NCCC(C)S(C)=O)c1cccc(F)c1. The molecule has 1 aromatic rings. The molecule has 1 N–H and O–H groups in total. The monoisotopic (exact) mass is 271 g/mol. The van der Waals surface area contributed by atoms with Crippen LogP contribution in [0.1, 0.15) is 38.3 Å². The number of nitrogens with one attached hydrogen (secondary N) is 1. The molecule has 0 saturated heterocycles. The van der Waals surface area contributed by atoms with Gasteiger partial charge in [-0.2, -0.15) is 0 Å². The number of hydrogen-bond donors (Lipinski definition) is 1. The van der Waals surface area contributed by atoms with E-state index in [2.05, 4.69) is 12.2 Å². The summed E-state index contributed by atoms with van der Waals surface area (Å²) < 4.78 is 24.4. The normalized spacial score (nSPS) is 16.2. The zero-order chi connectivity index (χ0) is 13.5. The molecule has 0 radical (unpaired) electrons. The minimum Gasteiger partial charge on any atom is -0.310 e. The summed E-state index contributed by atoms with van der Waals surface area (Å²) in [5, 5.41) is 3.59. The van der Waals surface area contributed by atoms with Crippen molar-refractivity contribution in [2.45, 2.75) is 38.0 Å². The average molecular weight is 271 g/mol. The Hall–Kier alpha value is -0.740. The van der Waals surface area contributed by atoms with Gasteiger partial charge in [0.05, 0.1) is 0 Å². The van der Waals surface area contributed by atoms with Crippen molar-refractivity contribution in [3.8, 4) is 0 Å². The second kappa shape index (κ2) is 7.64. The molecule has 18 heavy (non-hydrogen) atoms. The molecule has 3 unspecified atom stereocenters. The Balaban J connectivity index is 2.50. The molecule has 0 aromatic heterocycles. The van der Waals surface area contributed by atoms with E-state index in [9.17, 15) is 8.60 Å². The maximum Gasteiger partial charge on any atom is 0.123 e. The lowest BCUT2D eigenvalue weighted by molar-refractivity contribution is 0.504. The smallest absolute Gasteiger partial charge is 0.123 e. The van der Waals surface area contributed by atoms with Gasteiger partial charge in [0.15, 0.2) is 0 Å². The van der Waals surface area contributed by atoms with Crippen LogP contribution in [-0.4, -0.2) is 22.3 Å². The molecule has 0 aliphatic carbocycles. The summed E-state index contributed by atoms with van der Waals surface area (Å²) in [6.45, 7) is 4.86. The first kappa shape index (κ1) is 15.3. The van der Waals surface area contributed by atoms with Crippen LogP contribution in [0.15, 0.2) is 24.3 Å². The van der Waals surface area contributed by atoms with Crippen LogP contribution in [0, 0.1) is 5.82 Å². The largest absolute Gasteiger partial charge is 0.310 e. The van der Waals surface area contributed by atoms with Crippen molar-refractivity contribution in [2.75, 3.05) is 12.8 Å². The van der Waals surface area contributed by atoms with E-state index in [0.29, 0.717) is 0 Å². The van der Waals surface area contributed by atoms with Crippen molar-refractivity contribution in [2.24, 2.45) is 0 Å². The molecule has 0 heterocycles. The van der Waals surface area contributed by atoms with Crippen LogP contribution in [0.3, 0.4) is 0 Å². The first-order valence-electron chi connectivity index (χ1n) is 6.35. The van der Waals surface area contributed by atoms with Gasteiger partial charge in [-0.1, -0.05) is 26.0 Å². The molecule has 0 aliphatic heterocycles. The summed E-state index contributed by atoms with van der Waals surface area (Å²) >= 11 is 0. The van der Waals surface area contributed by atoms with E-state index < -0.39 is 10.8 Å². The fourth-order valence-electron chi connectivity index (χ4n) is 1.85. The van der Waals surface area contributed by atoms with Gasteiger partial charge in [-0.3, -0.25) is 4.21 Å². The van der Waals surface area contributed by atoms with Gasteiger partial charge < -0.3 is 5.32 Å². The Morgan fingerprint density at radius 2 is 2.17 bits per heavy atom. The predicted molar refractivity (Wildman–Crippen MR) is 75.6 cm³/mol. The summed E-state index contributed by atoms with van der Waals surface area (Å²) in [5.74, 6) is -0.198. The standard InChI is InChI=1S/C14H22FNOS/c1-4-14(12-6-5-7-13(15)10-12)16-9-8-11(2)18(3)17/h5-7,10-11,14,16H,4,8-9H2,1-3H3. The van der Waals surface area contributed by atoms with Crippen molar-refractivity contribution in [1.29, 1.82) is 0 Å². The molecular formula is C14H22FNOS. The van der Waals surface area contributed by atoms with Gasteiger partial charge >= 0.3 is 0 Å². The van der Waals surface area contributed by atoms with Gasteiger partial charge in [0.2, 0.25) is 0 Å². The van der Waals surface area contributed by atoms with E-state index in [0.717, 1.165) is 24.9 Å². The number of halogens is 1. The van der Waals surface area contributed by atoms with Crippen LogP contribution in [0.4, 0.5) is 4.39 Å². The summed E-state index contributed by atoms with van der Waals surface area (Å²) in [7, 11) is -0.775. The van der Waals surface area contributed by atoms with E-state index in [1.807, 2.05) is 13.0 Å². The van der Waals surface area contributed by atoms with E-state index in [-0.39, 0.29) is 17.1 Å². The molecule has 102 valence electrons. The molecule has 0 bridgehead atoms. The molecule has 4 heteroatoms. The molecule has 2 nitrogen and oxygen atoms in total. The van der Waals surface area contributed by atoms with Crippen LogP contribution >= 0.6 is 0 Å². The Labute approximate surface area is 111 Å². The molecule has 0 spiro atoms. The molecule has 0 aliphatic rings. The summed E-state index contributed by atoms with van der Waals surface area (Å²) in [6, 6.07) is 6.86. The number of benzene rings is 1. The highest BCUT2D eigenvalue weighted by Crippen LogP contribution is 2.17. The van der Waals surface area contributed by atoms with Crippen molar-refractivity contribution < 1.29 is 8.60 Å². The summed E-state index contributed by atoms with van der Waals surface area (Å²) in [5.41, 5.74) is 0.975. The number of rotatable bonds is 7. The fourth-order valence-corrected chi connectivity index (χ4v) is 2.30. The topological polar surface area (TPSA) is 29.1 Å². The van der Waals surface area contributed by atoms with Crippen molar-refractivity contribution in [1.82, 2.24) is 5.32 Å². The van der Waals surface area contributed by atoms with Crippen LogP contribution < -0.4 is 5.32 Å². The maximum atomic E-state index is 13.2. The third-order valence-corrected chi connectivity index (χ3v) is 4.54. The van der Waals surface area contributed by atoms with Gasteiger partial charge in [-0.15, -0.1) is 0 Å². The molecule has 1 rings (SSSR count). The molecule has 0 amide bonds. The maximum absolute atomic E-state index is 13.2. The Morgan fingerprint density at radius 1 is 1.44 bits per heavy atom. The van der Waals surface area contributed by atoms with Crippen LogP contribution in [-0.2, 0) is 10.8 Å². The van der Waals surface area contributed by atoms with Crippen LogP contribution in [0.25, 0.3) is 0 Å². The predicted octanol–water partition coefficient (Wildman–Crippen LogP) is 3.02. The lowest BCUT2D eigenvalue weighted by Crippen LogP contribution is -2.25. The third kappa shape index (κ3) is 4.86. The first-order valence-corrected chi connectivity index (χ1v) is 7.97. The zero-order valence-corrected chi connectivity index (χ0v) is 12.1. The summed E-state index contributed by atoms with van der Waals surface area (Å²) in [6.07, 6.45) is 3.51. The third-order valence-electron chi connectivity index (χ3n) is 3.17. The fraction of sp³-hybridized carbons (Fsp3) is 0.571. The Kier molecular flexibility index (Phi) is 6.50. The highest BCUT2D eigenvalue weighted by atomic mass is 32.2. The lowest BCUT2D eigenvalue weighted by atomic mass is 10.0. The van der Waals surface area contributed by atoms with Crippen molar-refractivity contribution >= 4 is 10.8 Å². The minimum atomic E-state index is -0.775. The lowest BCUT2D eigenvalue weighted by Gasteiger charge is -2.18. The van der Waals surface area contributed by atoms with Crippen LogP contribution in [0.2, 0.25) is 0 Å². The quantitative estimate of drug-likeness (QED) is 0.826. The number of hydrogen-bond acceptors (Lipinski definition) is 2. The van der Waals surface area contributed by atoms with Crippen molar-refractivity contribution in [3.63, 3.8) is 0 Å². The van der Waals surface area contributed by atoms with Crippen LogP contribution in [0.5, 0.6) is 0 Å². The molecule has 0 saturated carbocycles. The van der Waals surface area contributed by atoms with Gasteiger partial charge in [-0.25, -0.2) is 4.39 Å². The molecule has 1 aromatic carbocycles. The second-order valence-corrected chi connectivity index (χ2v) is 6.37. The zero-order valence-electron chi connectivity index (χ0n) is 11.3. The highest BCUT2D eigenvalue weighted by Gasteiger charge is 2.11. The molecular weight excluding hydrogens is 249 g/mol. The molecule has 0 fully saturated rings. The van der Waals surface area contributed by atoms with Crippen molar-refractivity contribution in [3.05, 3.63) is 35.6 Å².